The Hall–Kier alpha value is -1.83. The van der Waals surface area contributed by atoms with Crippen LogP contribution in [-0.4, -0.2) is 177 Å². The molecule has 9 nitrogen and oxygen atoms in total. The van der Waals surface area contributed by atoms with E-state index < -0.39 is 0 Å². The zero-order valence-electron chi connectivity index (χ0n) is 36.9. The molecule has 0 aromatic heterocycles. The van der Waals surface area contributed by atoms with Crippen molar-refractivity contribution in [3.05, 3.63) is 108 Å². The van der Waals surface area contributed by atoms with E-state index in [-0.39, 0.29) is 18.3 Å². The summed E-state index contributed by atoms with van der Waals surface area (Å²) in [7, 11) is 2.25. The highest BCUT2D eigenvalue weighted by Gasteiger charge is 2.36. The Morgan fingerprint density at radius 1 is 0.690 bits per heavy atom. The van der Waals surface area contributed by atoms with Crippen molar-refractivity contribution < 1.29 is 29.6 Å². The lowest BCUT2D eigenvalue weighted by Gasteiger charge is -2.46. The third-order valence-corrected chi connectivity index (χ3v) is 10.8. The minimum atomic E-state index is -0.351. The summed E-state index contributed by atoms with van der Waals surface area (Å²) in [6, 6.07) is 32.1. The molecule has 2 fully saturated rings. The third-order valence-electron chi connectivity index (χ3n) is 10.8. The van der Waals surface area contributed by atoms with Gasteiger partial charge in [-0.15, -0.1) is 34.8 Å². The van der Waals surface area contributed by atoms with Gasteiger partial charge in [0.05, 0.1) is 52.0 Å². The monoisotopic (exact) mass is 870 g/mol. The summed E-state index contributed by atoms with van der Waals surface area (Å²) in [6.07, 6.45) is 3.57. The lowest BCUT2D eigenvalue weighted by Crippen LogP contribution is -3.13. The number of benzene rings is 3. The van der Waals surface area contributed by atoms with Crippen LogP contribution < -0.4 is 9.80 Å². The molecule has 2 heterocycles. The molecule has 2 aliphatic heterocycles. The summed E-state index contributed by atoms with van der Waals surface area (Å²) < 4.78 is 0.915. The molecular formula is C46H80Cl3N6O3+3. The molecule has 4 unspecified atom stereocenters. The number of nitrogens with one attached hydrogen (secondary N) is 2. The van der Waals surface area contributed by atoms with Gasteiger partial charge in [-0.05, 0) is 20.4 Å². The minimum Gasteiger partial charge on any atom is -0.392 e. The van der Waals surface area contributed by atoms with E-state index in [1.807, 2.05) is 13.8 Å². The maximum Gasteiger partial charge on any atom is 0.116 e. The van der Waals surface area contributed by atoms with E-state index in [0.717, 1.165) is 109 Å². The first-order chi connectivity index (χ1) is 28.1. The van der Waals surface area contributed by atoms with E-state index >= 15 is 0 Å². The summed E-state index contributed by atoms with van der Waals surface area (Å²) in [4.78, 5) is 10.3. The van der Waals surface area contributed by atoms with Gasteiger partial charge in [-0.25, -0.2) is 0 Å². The van der Waals surface area contributed by atoms with Gasteiger partial charge in [0.2, 0.25) is 0 Å². The lowest BCUT2D eigenvalue weighted by atomic mass is 10.1. The van der Waals surface area contributed by atoms with Crippen molar-refractivity contribution in [1.82, 2.24) is 14.7 Å². The van der Waals surface area contributed by atoms with Crippen molar-refractivity contribution in [3.8, 4) is 0 Å². The molecule has 5 rings (SSSR count). The number of piperazine rings is 2. The van der Waals surface area contributed by atoms with Crippen LogP contribution in [0.25, 0.3) is 0 Å². The van der Waals surface area contributed by atoms with Crippen molar-refractivity contribution >= 4 is 34.8 Å². The standard InChI is InChI=1S/C29H47N4O2.C14H22N2O.3CH3Cl/c1-4-31(16-15-30(3)22-27-11-7-5-8-12-27)23-29(35)25-33(24-28-13-9-6-10-14-28)19-17-32(18-20-33)21-26(2)34;1-13(17)11-15-7-9-16(10-8-15)12-14-5-3-2-4-6-14;3*1-2/h5-14,26,29,34-35H,4,15-25H2,1-3H3;2-6,13,17H,7-12H2,1H3;3*1H3/q+1;;;;/p+2. The molecule has 4 atom stereocenters. The van der Waals surface area contributed by atoms with Crippen LogP contribution in [0.2, 0.25) is 0 Å². The summed E-state index contributed by atoms with van der Waals surface area (Å²) in [5, 5.41) is 30.4. The average Bonchev–Trinajstić information content (AvgIpc) is 3.24. The molecule has 330 valence electrons. The van der Waals surface area contributed by atoms with E-state index in [4.69, 9.17) is 0 Å². The second-order valence-electron chi connectivity index (χ2n) is 15.7. The van der Waals surface area contributed by atoms with Crippen LogP contribution in [0.1, 0.15) is 37.5 Å². The Labute approximate surface area is 368 Å². The normalized spacial score (nSPS) is 17.7. The Morgan fingerprint density at radius 3 is 1.60 bits per heavy atom. The molecule has 0 spiro atoms. The molecule has 0 amide bonds. The molecule has 3 aromatic rings. The number of quaternary nitrogens is 3. The fourth-order valence-corrected chi connectivity index (χ4v) is 7.91. The number of β-amino-alcohol motifs (C(OH)–C–C–N with tert-alkyl or cyclic N) is 2. The lowest BCUT2D eigenvalue weighted by molar-refractivity contribution is -0.947. The first kappa shape index (κ1) is 54.2. The second-order valence-corrected chi connectivity index (χ2v) is 15.7. The number of likely N-dealkylation sites (N-methyl/N-ethyl adjacent to an activating group) is 2. The summed E-state index contributed by atoms with van der Waals surface area (Å²) in [5.74, 6) is 0. The van der Waals surface area contributed by atoms with Crippen molar-refractivity contribution in [1.29, 1.82) is 0 Å². The molecule has 0 radical (unpaired) electrons. The topological polar surface area (TPSA) is 79.3 Å². The van der Waals surface area contributed by atoms with Crippen LogP contribution in [0.4, 0.5) is 0 Å². The van der Waals surface area contributed by atoms with E-state index in [2.05, 4.69) is 154 Å². The highest BCUT2D eigenvalue weighted by molar-refractivity contribution is 6.15. The first-order valence-electron chi connectivity index (χ1n) is 21.1. The molecule has 5 N–H and O–H groups in total. The van der Waals surface area contributed by atoms with Crippen LogP contribution in [0, 0.1) is 0 Å². The predicted molar refractivity (Wildman–Crippen MR) is 247 cm³/mol. The third kappa shape index (κ3) is 23.2. The van der Waals surface area contributed by atoms with Crippen LogP contribution in [0.15, 0.2) is 91.0 Å². The van der Waals surface area contributed by atoms with Gasteiger partial charge in [0.25, 0.3) is 0 Å². The highest BCUT2D eigenvalue weighted by atomic mass is 35.5. The molecule has 12 heteroatoms. The number of alkyl halides is 3. The van der Waals surface area contributed by atoms with Gasteiger partial charge in [-0.2, -0.15) is 0 Å². The van der Waals surface area contributed by atoms with Crippen LogP contribution in [0.5, 0.6) is 0 Å². The zero-order valence-corrected chi connectivity index (χ0v) is 39.2. The van der Waals surface area contributed by atoms with E-state index in [1.165, 1.54) is 53.8 Å². The number of halogens is 3. The van der Waals surface area contributed by atoms with Gasteiger partial charge in [-0.3, -0.25) is 14.7 Å². The molecule has 3 aromatic carbocycles. The molecule has 0 aliphatic carbocycles. The van der Waals surface area contributed by atoms with Crippen LogP contribution in [0.3, 0.4) is 0 Å². The van der Waals surface area contributed by atoms with Crippen LogP contribution in [-0.2, 0) is 19.6 Å². The van der Waals surface area contributed by atoms with Crippen molar-refractivity contribution in [2.45, 2.75) is 58.7 Å². The van der Waals surface area contributed by atoms with E-state index in [1.54, 1.807) is 4.90 Å². The van der Waals surface area contributed by atoms with Gasteiger partial charge < -0.3 is 29.6 Å². The summed E-state index contributed by atoms with van der Waals surface area (Å²) in [6.45, 7) is 23.6. The fraction of sp³-hybridized carbons (Fsp3) is 0.609. The highest BCUT2D eigenvalue weighted by Crippen LogP contribution is 2.20. The van der Waals surface area contributed by atoms with Crippen molar-refractivity contribution in [3.63, 3.8) is 0 Å². The maximum atomic E-state index is 11.2. The number of rotatable bonds is 18. The van der Waals surface area contributed by atoms with Gasteiger partial charge in [0, 0.05) is 88.2 Å². The van der Waals surface area contributed by atoms with Gasteiger partial charge in [0.15, 0.2) is 0 Å². The quantitative estimate of drug-likeness (QED) is 0.0998. The van der Waals surface area contributed by atoms with Crippen molar-refractivity contribution in [2.75, 3.05) is 124 Å². The van der Waals surface area contributed by atoms with Crippen LogP contribution >= 0.6 is 34.8 Å². The summed E-state index contributed by atoms with van der Waals surface area (Å²) >= 11 is 13.9. The number of nitrogens with zero attached hydrogens (tertiary/aromatic N) is 4. The molecule has 0 bridgehead atoms. The van der Waals surface area contributed by atoms with Gasteiger partial charge in [0.1, 0.15) is 32.3 Å². The largest absolute Gasteiger partial charge is 0.392 e. The molecule has 2 saturated heterocycles. The van der Waals surface area contributed by atoms with E-state index in [9.17, 15) is 15.3 Å². The predicted octanol–water partition coefficient (Wildman–Crippen LogP) is 3.43. The zero-order chi connectivity index (χ0) is 43.2. The van der Waals surface area contributed by atoms with Gasteiger partial charge in [-0.1, -0.05) is 97.9 Å². The summed E-state index contributed by atoms with van der Waals surface area (Å²) in [5.41, 5.74) is 4.13. The molecule has 2 aliphatic rings. The second kappa shape index (κ2) is 32.9. The average molecular weight is 872 g/mol. The first-order valence-corrected chi connectivity index (χ1v) is 23.3. The van der Waals surface area contributed by atoms with Gasteiger partial charge >= 0.3 is 0 Å². The SMILES string of the molecule is CC(O)CN1CC[NH+](Cc2ccccc2)CC1.CCN(CC[NH+](C)Cc1ccccc1)CC(O)C[N+]1(Cc2ccccc2)CCN(CC(C)O)CC1.CCl.CCl.CCl. The Balaban J connectivity index is 0.000000609. The Morgan fingerprint density at radius 2 is 1.14 bits per heavy atom. The molecular weight excluding hydrogens is 791 g/mol. The number of aliphatic hydroxyl groups is 3. The van der Waals surface area contributed by atoms with E-state index in [0.29, 0.717) is 0 Å². The molecule has 0 saturated carbocycles. The Bertz CT molecular complexity index is 1350. The minimum absolute atomic E-state index is 0.203. The maximum absolute atomic E-state index is 11.2. The number of hydrogen-bond acceptors (Lipinski definition) is 6. The van der Waals surface area contributed by atoms with Crippen molar-refractivity contribution in [2.24, 2.45) is 0 Å². The smallest absolute Gasteiger partial charge is 0.116 e. The number of hydrogen-bond donors (Lipinski definition) is 5. The molecule has 58 heavy (non-hydrogen) atoms. The Kier molecular flexibility index (Phi) is 30.7. The number of aliphatic hydroxyl groups excluding tert-OH is 3. The fourth-order valence-electron chi connectivity index (χ4n) is 7.91.